The van der Waals surface area contributed by atoms with Gasteiger partial charge in [0.15, 0.2) is 5.82 Å². The third kappa shape index (κ3) is 1.56. The first-order chi connectivity index (χ1) is 9.22. The second-order valence-electron chi connectivity index (χ2n) is 4.84. The van der Waals surface area contributed by atoms with E-state index in [0.717, 1.165) is 28.8 Å². The van der Waals surface area contributed by atoms with Gasteiger partial charge in [0.25, 0.3) is 0 Å². The number of fused-ring (bicyclic) bond motifs is 3. The SMILES string of the molecule is Cn1ccc(-c2nc(N)c3c4c(sc3n2)CCC4)n1. The lowest BCUT2D eigenvalue weighted by Crippen LogP contribution is -1.98. The number of nitrogens with zero attached hydrogens (tertiary/aromatic N) is 4. The Kier molecular flexibility index (Phi) is 2.17. The second kappa shape index (κ2) is 3.77. The van der Waals surface area contributed by atoms with Crippen LogP contribution in [-0.2, 0) is 19.9 Å². The lowest BCUT2D eigenvalue weighted by Gasteiger charge is -2.01. The first-order valence-electron chi connectivity index (χ1n) is 6.30. The molecule has 19 heavy (non-hydrogen) atoms. The van der Waals surface area contributed by atoms with Gasteiger partial charge in [0.2, 0.25) is 0 Å². The normalized spacial score (nSPS) is 14.2. The van der Waals surface area contributed by atoms with E-state index in [1.54, 1.807) is 16.0 Å². The van der Waals surface area contributed by atoms with Crippen LogP contribution in [0.2, 0.25) is 0 Å². The van der Waals surface area contributed by atoms with Crippen LogP contribution in [-0.4, -0.2) is 19.7 Å². The second-order valence-corrected chi connectivity index (χ2v) is 5.93. The minimum atomic E-state index is 0.588. The lowest BCUT2D eigenvalue weighted by molar-refractivity contribution is 0.769. The Labute approximate surface area is 114 Å². The summed E-state index contributed by atoms with van der Waals surface area (Å²) in [6.45, 7) is 0. The highest BCUT2D eigenvalue weighted by molar-refractivity contribution is 7.19. The van der Waals surface area contributed by atoms with Gasteiger partial charge in [-0.2, -0.15) is 5.10 Å². The Morgan fingerprint density at radius 1 is 1.32 bits per heavy atom. The quantitative estimate of drug-likeness (QED) is 0.736. The number of aryl methyl sites for hydroxylation is 3. The first-order valence-corrected chi connectivity index (χ1v) is 7.12. The van der Waals surface area contributed by atoms with Gasteiger partial charge in [-0.15, -0.1) is 11.3 Å². The highest BCUT2D eigenvalue weighted by atomic mass is 32.1. The predicted octanol–water partition coefficient (Wildman–Crippen LogP) is 2.16. The van der Waals surface area contributed by atoms with Crippen LogP contribution in [0.3, 0.4) is 0 Å². The molecule has 3 heterocycles. The topological polar surface area (TPSA) is 69.6 Å². The van der Waals surface area contributed by atoms with Crippen LogP contribution in [0.25, 0.3) is 21.7 Å². The van der Waals surface area contributed by atoms with Crippen LogP contribution in [0, 0.1) is 0 Å². The standard InChI is InChI=1S/C13H13N5S/c1-18-6-5-8(17-18)12-15-11(14)10-7-3-2-4-9(7)19-13(10)16-12/h5-6H,2-4H2,1H3,(H2,14,15,16). The van der Waals surface area contributed by atoms with Crippen LogP contribution in [0.4, 0.5) is 5.82 Å². The summed E-state index contributed by atoms with van der Waals surface area (Å²) >= 11 is 1.75. The van der Waals surface area contributed by atoms with Crippen LogP contribution >= 0.6 is 11.3 Å². The minimum Gasteiger partial charge on any atom is -0.383 e. The van der Waals surface area contributed by atoms with Crippen molar-refractivity contribution in [1.82, 2.24) is 19.7 Å². The summed E-state index contributed by atoms with van der Waals surface area (Å²) in [6, 6.07) is 1.90. The molecule has 0 amide bonds. The number of rotatable bonds is 1. The highest BCUT2D eigenvalue weighted by Crippen LogP contribution is 2.39. The van der Waals surface area contributed by atoms with Gasteiger partial charge in [0.1, 0.15) is 16.3 Å². The predicted molar refractivity (Wildman–Crippen MR) is 76.1 cm³/mol. The molecule has 0 unspecified atom stereocenters. The monoisotopic (exact) mass is 271 g/mol. The summed E-state index contributed by atoms with van der Waals surface area (Å²) in [6.07, 6.45) is 5.35. The molecule has 6 heteroatoms. The number of hydrogen-bond donors (Lipinski definition) is 1. The third-order valence-electron chi connectivity index (χ3n) is 3.54. The number of hydrogen-bond acceptors (Lipinski definition) is 5. The summed E-state index contributed by atoms with van der Waals surface area (Å²) in [5.74, 6) is 1.20. The molecule has 0 fully saturated rings. The molecule has 0 saturated carbocycles. The van der Waals surface area contributed by atoms with Crippen LogP contribution < -0.4 is 5.73 Å². The van der Waals surface area contributed by atoms with Crippen molar-refractivity contribution < 1.29 is 0 Å². The van der Waals surface area contributed by atoms with E-state index in [9.17, 15) is 0 Å². The summed E-state index contributed by atoms with van der Waals surface area (Å²) in [5, 5.41) is 5.40. The molecule has 0 spiro atoms. The van der Waals surface area contributed by atoms with Crippen molar-refractivity contribution in [3.05, 3.63) is 22.7 Å². The van der Waals surface area contributed by atoms with Gasteiger partial charge in [-0.25, -0.2) is 9.97 Å². The fourth-order valence-corrected chi connectivity index (χ4v) is 3.94. The number of nitrogens with two attached hydrogens (primary N) is 1. The molecule has 3 aromatic heterocycles. The minimum absolute atomic E-state index is 0.588. The fraction of sp³-hybridized carbons (Fsp3) is 0.308. The van der Waals surface area contributed by atoms with Crippen molar-refractivity contribution >= 4 is 27.4 Å². The van der Waals surface area contributed by atoms with E-state index in [4.69, 9.17) is 5.73 Å². The van der Waals surface area contributed by atoms with Gasteiger partial charge in [-0.05, 0) is 30.9 Å². The molecule has 0 aliphatic heterocycles. The molecule has 0 bridgehead atoms. The molecule has 0 radical (unpaired) electrons. The van der Waals surface area contributed by atoms with Gasteiger partial charge in [-0.3, -0.25) is 4.68 Å². The fourth-order valence-electron chi connectivity index (χ4n) is 2.67. The summed E-state index contributed by atoms with van der Waals surface area (Å²) in [7, 11) is 1.88. The molecular formula is C13H13N5S. The van der Waals surface area contributed by atoms with E-state index >= 15 is 0 Å². The highest BCUT2D eigenvalue weighted by Gasteiger charge is 2.21. The molecule has 0 atom stereocenters. The Hall–Kier alpha value is -1.95. The van der Waals surface area contributed by atoms with Gasteiger partial charge in [-0.1, -0.05) is 0 Å². The molecule has 4 rings (SSSR count). The Bertz CT molecular complexity index is 786. The summed E-state index contributed by atoms with van der Waals surface area (Å²) < 4.78 is 1.74. The van der Waals surface area contributed by atoms with E-state index in [-0.39, 0.29) is 0 Å². The van der Waals surface area contributed by atoms with Crippen molar-refractivity contribution in [2.45, 2.75) is 19.3 Å². The number of thiophene rings is 1. The Morgan fingerprint density at radius 3 is 3.00 bits per heavy atom. The zero-order chi connectivity index (χ0) is 13.0. The zero-order valence-electron chi connectivity index (χ0n) is 10.6. The van der Waals surface area contributed by atoms with Crippen LogP contribution in [0.15, 0.2) is 12.3 Å². The van der Waals surface area contributed by atoms with E-state index in [1.807, 2.05) is 19.3 Å². The van der Waals surface area contributed by atoms with Crippen molar-refractivity contribution in [2.24, 2.45) is 7.05 Å². The van der Waals surface area contributed by atoms with Crippen molar-refractivity contribution in [1.29, 1.82) is 0 Å². The smallest absolute Gasteiger partial charge is 0.183 e. The molecule has 0 aromatic carbocycles. The lowest BCUT2D eigenvalue weighted by atomic mass is 10.2. The molecule has 3 aromatic rings. The van der Waals surface area contributed by atoms with E-state index < -0.39 is 0 Å². The molecule has 0 saturated heterocycles. The summed E-state index contributed by atoms with van der Waals surface area (Å²) in [4.78, 5) is 11.5. The third-order valence-corrected chi connectivity index (χ3v) is 4.72. The van der Waals surface area contributed by atoms with Gasteiger partial charge in [0.05, 0.1) is 5.39 Å². The van der Waals surface area contributed by atoms with E-state index in [0.29, 0.717) is 11.6 Å². The number of nitrogen functional groups attached to an aromatic ring is 1. The maximum absolute atomic E-state index is 6.14. The van der Waals surface area contributed by atoms with Crippen molar-refractivity contribution in [3.8, 4) is 11.5 Å². The molecule has 1 aliphatic rings. The van der Waals surface area contributed by atoms with Gasteiger partial charge in [0, 0.05) is 18.1 Å². The van der Waals surface area contributed by atoms with E-state index in [2.05, 4.69) is 15.1 Å². The Morgan fingerprint density at radius 2 is 2.21 bits per heavy atom. The molecule has 5 nitrogen and oxygen atoms in total. The van der Waals surface area contributed by atoms with Crippen LogP contribution in [0.1, 0.15) is 16.9 Å². The average molecular weight is 271 g/mol. The molecule has 1 aliphatic carbocycles. The number of aromatic nitrogens is 4. The van der Waals surface area contributed by atoms with Gasteiger partial charge < -0.3 is 5.73 Å². The summed E-state index contributed by atoms with van der Waals surface area (Å²) in [5.41, 5.74) is 8.27. The van der Waals surface area contributed by atoms with Crippen LogP contribution in [0.5, 0.6) is 0 Å². The zero-order valence-corrected chi connectivity index (χ0v) is 11.4. The van der Waals surface area contributed by atoms with Crippen molar-refractivity contribution in [3.63, 3.8) is 0 Å². The Balaban J connectivity index is 1.96. The van der Waals surface area contributed by atoms with Crippen molar-refractivity contribution in [2.75, 3.05) is 5.73 Å². The van der Waals surface area contributed by atoms with Gasteiger partial charge >= 0.3 is 0 Å². The molecular weight excluding hydrogens is 258 g/mol. The molecule has 96 valence electrons. The van der Waals surface area contributed by atoms with E-state index in [1.165, 1.54) is 16.9 Å². The largest absolute Gasteiger partial charge is 0.383 e. The first kappa shape index (κ1) is 10.9. The molecule has 2 N–H and O–H groups in total. The maximum Gasteiger partial charge on any atom is 0.183 e. The number of anilines is 1. The average Bonchev–Trinajstić information content (AvgIpc) is 3.02. The maximum atomic E-state index is 6.14.